The van der Waals surface area contributed by atoms with Gasteiger partial charge in [-0.25, -0.2) is 9.36 Å². The molecule has 7 nitrogen and oxygen atoms in total. The number of methoxy groups -OCH3 is 1. The minimum Gasteiger partial charge on any atom is -0.497 e. The molecule has 0 fully saturated rings. The third-order valence-corrected chi connectivity index (χ3v) is 4.78. The molecule has 0 aliphatic carbocycles. The molecule has 0 atom stereocenters. The van der Waals surface area contributed by atoms with Crippen LogP contribution in [-0.2, 0) is 11.3 Å². The number of fused-ring (bicyclic) bond motifs is 6. The van der Waals surface area contributed by atoms with Crippen LogP contribution >= 0.6 is 0 Å². The van der Waals surface area contributed by atoms with Gasteiger partial charge in [-0.15, -0.1) is 0 Å². The van der Waals surface area contributed by atoms with Crippen LogP contribution in [0, 0.1) is 0 Å². The predicted octanol–water partition coefficient (Wildman–Crippen LogP) is 1.71. The zero-order chi connectivity index (χ0) is 19.1. The van der Waals surface area contributed by atoms with Crippen LogP contribution in [0.25, 0.3) is 16.6 Å². The van der Waals surface area contributed by atoms with Crippen LogP contribution in [0.4, 0.5) is 0 Å². The smallest absolute Gasteiger partial charge is 0.336 e. The van der Waals surface area contributed by atoms with Crippen molar-refractivity contribution < 1.29 is 14.3 Å². The standard InChI is InChI=1S/C20H16N2O5/c1-27-12-8-9-14-16(11-12)21-10-4-7-17(23)18(24)13-5-2-3-6-15(13)22(19(14)25)20(21)26/h2-3,5-6,8-9,11H,4,7,10H2,1H3. The summed E-state index contributed by atoms with van der Waals surface area (Å²) < 4.78 is 7.65. The fourth-order valence-corrected chi connectivity index (χ4v) is 3.42. The van der Waals surface area contributed by atoms with Crippen molar-refractivity contribution in [3.8, 4) is 11.4 Å². The Balaban J connectivity index is 2.18. The normalized spacial score (nSPS) is 14.1. The summed E-state index contributed by atoms with van der Waals surface area (Å²) in [5.74, 6) is -0.692. The van der Waals surface area contributed by atoms with Gasteiger partial charge in [-0.3, -0.25) is 19.0 Å². The van der Waals surface area contributed by atoms with Crippen molar-refractivity contribution in [3.05, 3.63) is 68.9 Å². The third kappa shape index (κ3) is 2.59. The molecule has 7 heteroatoms. The van der Waals surface area contributed by atoms with Crippen LogP contribution < -0.4 is 16.0 Å². The first-order valence-electron chi connectivity index (χ1n) is 8.53. The number of ether oxygens (including phenoxy) is 1. The molecule has 2 heterocycles. The molecular formula is C20H16N2O5. The lowest BCUT2D eigenvalue weighted by atomic mass is 10.0. The number of aromatic nitrogens is 2. The number of ketones is 2. The monoisotopic (exact) mass is 364 g/mol. The van der Waals surface area contributed by atoms with Crippen LogP contribution in [-0.4, -0.2) is 27.8 Å². The average molecular weight is 364 g/mol. The summed E-state index contributed by atoms with van der Waals surface area (Å²) in [6.07, 6.45) is 0.349. The summed E-state index contributed by atoms with van der Waals surface area (Å²) >= 11 is 0. The highest BCUT2D eigenvalue weighted by Crippen LogP contribution is 2.21. The molecule has 1 aliphatic heterocycles. The van der Waals surface area contributed by atoms with Crippen molar-refractivity contribution in [1.29, 1.82) is 0 Å². The lowest BCUT2D eigenvalue weighted by Gasteiger charge is -2.17. The quantitative estimate of drug-likeness (QED) is 0.614. The molecule has 0 amide bonds. The van der Waals surface area contributed by atoms with E-state index in [1.807, 2.05) is 0 Å². The number of hydrogen-bond donors (Lipinski definition) is 0. The maximum atomic E-state index is 13.2. The Bertz CT molecular complexity index is 1220. The summed E-state index contributed by atoms with van der Waals surface area (Å²) in [7, 11) is 1.50. The van der Waals surface area contributed by atoms with Crippen LogP contribution in [0.1, 0.15) is 23.2 Å². The van der Waals surface area contributed by atoms with Crippen LogP contribution in [0.5, 0.6) is 5.75 Å². The second-order valence-corrected chi connectivity index (χ2v) is 6.33. The number of carbonyl (C=O) groups excluding carboxylic acids is 2. The van der Waals surface area contributed by atoms with Gasteiger partial charge >= 0.3 is 5.69 Å². The maximum Gasteiger partial charge on any atom is 0.336 e. The third-order valence-electron chi connectivity index (χ3n) is 4.78. The van der Waals surface area contributed by atoms with E-state index in [-0.39, 0.29) is 24.2 Å². The van der Waals surface area contributed by atoms with Crippen molar-refractivity contribution in [2.24, 2.45) is 0 Å². The first-order chi connectivity index (χ1) is 13.0. The molecular weight excluding hydrogens is 348 g/mol. The van der Waals surface area contributed by atoms with Gasteiger partial charge in [-0.1, -0.05) is 12.1 Å². The van der Waals surface area contributed by atoms with Crippen molar-refractivity contribution >= 4 is 22.5 Å². The lowest BCUT2D eigenvalue weighted by molar-refractivity contribution is -0.115. The van der Waals surface area contributed by atoms with E-state index in [1.165, 1.54) is 23.8 Å². The Labute approximate surface area is 153 Å². The van der Waals surface area contributed by atoms with Crippen LogP contribution in [0.3, 0.4) is 0 Å². The maximum absolute atomic E-state index is 13.2. The number of carbonyl (C=O) groups is 2. The summed E-state index contributed by atoms with van der Waals surface area (Å²) in [5.41, 5.74) is -0.461. The van der Waals surface area contributed by atoms with Gasteiger partial charge in [-0.2, -0.15) is 0 Å². The fraction of sp³-hybridized carbons (Fsp3) is 0.200. The summed E-state index contributed by atoms with van der Waals surface area (Å²) in [6.45, 7) is 0.212. The Hall–Kier alpha value is -3.48. The summed E-state index contributed by atoms with van der Waals surface area (Å²) in [6, 6.07) is 11.1. The Kier molecular flexibility index (Phi) is 3.99. The van der Waals surface area contributed by atoms with Crippen molar-refractivity contribution in [2.45, 2.75) is 19.4 Å². The number of Topliss-reactive ketones (excluding diaryl/α,β-unsaturated/α-hetero) is 2. The van der Waals surface area contributed by atoms with E-state index in [2.05, 4.69) is 0 Å². The number of benzene rings is 2. The molecule has 2 bridgehead atoms. The molecule has 0 unspecified atom stereocenters. The molecule has 0 radical (unpaired) electrons. The van der Waals surface area contributed by atoms with Crippen molar-refractivity contribution in [2.75, 3.05) is 7.11 Å². The number of hydrogen-bond acceptors (Lipinski definition) is 5. The molecule has 2 aromatic carbocycles. The van der Waals surface area contributed by atoms with Crippen molar-refractivity contribution in [1.82, 2.24) is 9.13 Å². The number of aryl methyl sites for hydroxylation is 1. The predicted molar refractivity (Wildman–Crippen MR) is 98.9 cm³/mol. The molecule has 136 valence electrons. The molecule has 1 aliphatic rings. The van der Waals surface area contributed by atoms with Gasteiger partial charge in [0.25, 0.3) is 5.56 Å². The summed E-state index contributed by atoms with van der Waals surface area (Å²) in [5, 5.41) is 0.338. The van der Waals surface area contributed by atoms with Gasteiger partial charge in [0.05, 0.1) is 29.3 Å². The van der Waals surface area contributed by atoms with E-state index in [4.69, 9.17) is 4.74 Å². The average Bonchev–Trinajstić information content (AvgIpc) is 2.69. The van der Waals surface area contributed by atoms with Gasteiger partial charge in [0.1, 0.15) is 5.75 Å². The Morgan fingerprint density at radius 2 is 1.78 bits per heavy atom. The zero-order valence-electron chi connectivity index (χ0n) is 14.6. The first kappa shape index (κ1) is 17.0. The lowest BCUT2D eigenvalue weighted by Crippen LogP contribution is -2.40. The van der Waals surface area contributed by atoms with E-state index >= 15 is 0 Å². The molecule has 0 saturated carbocycles. The molecule has 27 heavy (non-hydrogen) atoms. The highest BCUT2D eigenvalue weighted by atomic mass is 16.5. The van der Waals surface area contributed by atoms with Gasteiger partial charge in [0.2, 0.25) is 11.6 Å². The van der Waals surface area contributed by atoms with Gasteiger partial charge < -0.3 is 4.74 Å². The number of nitrogens with zero attached hydrogens (tertiary/aromatic N) is 2. The van der Waals surface area contributed by atoms with Crippen molar-refractivity contribution in [3.63, 3.8) is 0 Å². The van der Waals surface area contributed by atoms with Gasteiger partial charge in [0, 0.05) is 19.0 Å². The minimum atomic E-state index is -0.680. The van der Waals surface area contributed by atoms with Crippen LogP contribution in [0.15, 0.2) is 52.1 Å². The van der Waals surface area contributed by atoms with E-state index in [0.717, 1.165) is 4.57 Å². The Morgan fingerprint density at radius 1 is 1.00 bits per heavy atom. The number of rotatable bonds is 1. The minimum absolute atomic E-state index is 0.0319. The number of para-hydroxylation sites is 1. The molecule has 0 N–H and O–H groups in total. The van der Waals surface area contributed by atoms with E-state index in [1.54, 1.807) is 30.3 Å². The molecule has 0 spiro atoms. The molecule has 3 aromatic rings. The highest BCUT2D eigenvalue weighted by Gasteiger charge is 2.24. The second-order valence-electron chi connectivity index (χ2n) is 6.33. The molecule has 4 rings (SSSR count). The van der Waals surface area contributed by atoms with Crippen LogP contribution in [0.2, 0.25) is 0 Å². The van der Waals surface area contributed by atoms with Gasteiger partial charge in [-0.05, 0) is 30.7 Å². The summed E-state index contributed by atoms with van der Waals surface area (Å²) in [4.78, 5) is 51.0. The second kappa shape index (κ2) is 6.35. The molecule has 1 aromatic heterocycles. The SMILES string of the molecule is COc1ccc2c(=O)n3c(=O)n(c2c1)CCCC(=O)C(=O)c1ccccc1-3. The largest absolute Gasteiger partial charge is 0.497 e. The first-order valence-corrected chi connectivity index (χ1v) is 8.53. The van der Waals surface area contributed by atoms with E-state index in [9.17, 15) is 19.2 Å². The topological polar surface area (TPSA) is 87.4 Å². The fourth-order valence-electron chi connectivity index (χ4n) is 3.42. The highest BCUT2D eigenvalue weighted by molar-refractivity contribution is 6.44. The van der Waals surface area contributed by atoms with Gasteiger partial charge in [0.15, 0.2) is 0 Å². The zero-order valence-corrected chi connectivity index (χ0v) is 14.6. The Morgan fingerprint density at radius 3 is 2.56 bits per heavy atom. The van der Waals surface area contributed by atoms with E-state index in [0.29, 0.717) is 23.1 Å². The van der Waals surface area contributed by atoms with E-state index < -0.39 is 22.8 Å². The molecule has 0 saturated heterocycles.